The van der Waals surface area contributed by atoms with Crippen LogP contribution < -0.4 is 0 Å². The van der Waals surface area contributed by atoms with Crippen LogP contribution in [0.25, 0.3) is 11.0 Å². The van der Waals surface area contributed by atoms with Crippen LogP contribution in [-0.4, -0.2) is 27.4 Å². The van der Waals surface area contributed by atoms with Crippen LogP contribution in [-0.2, 0) is 9.53 Å². The summed E-state index contributed by atoms with van der Waals surface area (Å²) in [6, 6.07) is 3.20. The molecule has 0 fully saturated rings. The van der Waals surface area contributed by atoms with Crippen LogP contribution in [0.2, 0.25) is 0 Å². The number of aromatic nitrogens is 2. The van der Waals surface area contributed by atoms with Crippen LogP contribution in [0.1, 0.15) is 49.8 Å². The molecule has 0 saturated carbocycles. The smallest absolute Gasteiger partial charge is 0.341 e. The van der Waals surface area contributed by atoms with Crippen LogP contribution in [0, 0.1) is 6.92 Å². The first-order valence-corrected chi connectivity index (χ1v) is 6.90. The lowest BCUT2D eigenvalue weighted by Crippen LogP contribution is -2.24. The number of aldehydes is 1. The highest BCUT2D eigenvalue weighted by Gasteiger charge is 2.26. The van der Waals surface area contributed by atoms with Crippen LogP contribution in [0.15, 0.2) is 18.3 Å². The van der Waals surface area contributed by atoms with Crippen molar-refractivity contribution in [2.75, 3.05) is 0 Å². The molecule has 0 spiro atoms. The Morgan fingerprint density at radius 3 is 2.67 bits per heavy atom. The molecule has 112 valence electrons. The molecule has 0 aliphatic heterocycles. The Balaban J connectivity index is 2.67. The summed E-state index contributed by atoms with van der Waals surface area (Å²) in [6.45, 7) is 9.05. The normalized spacial score (nSPS) is 13.2. The van der Waals surface area contributed by atoms with E-state index in [2.05, 4.69) is 4.98 Å². The summed E-state index contributed by atoms with van der Waals surface area (Å²) in [4.78, 5) is 27.9. The molecule has 1 unspecified atom stereocenters. The van der Waals surface area contributed by atoms with Crippen LogP contribution >= 0.6 is 0 Å². The second-order valence-corrected chi connectivity index (χ2v) is 6.08. The average molecular weight is 288 g/mol. The van der Waals surface area contributed by atoms with Gasteiger partial charge in [-0.3, -0.25) is 0 Å². The average Bonchev–Trinajstić information content (AvgIpc) is 2.68. The molecule has 0 N–H and O–H groups in total. The molecule has 2 heterocycles. The Labute approximate surface area is 123 Å². The van der Waals surface area contributed by atoms with Crippen LogP contribution in [0.4, 0.5) is 0 Å². The maximum absolute atomic E-state index is 12.5. The largest absolute Gasteiger partial charge is 0.456 e. The standard InChI is InChI=1S/C16H20N2O3/c1-10(9-19)18-11(2)13(15(20)21-16(3,4)5)12-7-6-8-17-14(12)18/h6-10H,1-5H3. The molecule has 0 saturated heterocycles. The second-order valence-electron chi connectivity index (χ2n) is 6.08. The molecule has 0 aliphatic rings. The first-order chi connectivity index (χ1) is 9.76. The fourth-order valence-electron chi connectivity index (χ4n) is 2.40. The van der Waals surface area contributed by atoms with Gasteiger partial charge in [-0.2, -0.15) is 0 Å². The molecular weight excluding hydrogens is 268 g/mol. The molecule has 2 aromatic heterocycles. The van der Waals surface area contributed by atoms with Gasteiger partial charge >= 0.3 is 5.97 Å². The van der Waals surface area contributed by atoms with Crippen molar-refractivity contribution in [1.82, 2.24) is 9.55 Å². The maximum atomic E-state index is 12.5. The summed E-state index contributed by atoms with van der Waals surface area (Å²) in [7, 11) is 0. The van der Waals surface area contributed by atoms with Crippen molar-refractivity contribution in [2.45, 2.75) is 46.3 Å². The minimum absolute atomic E-state index is 0.390. The Morgan fingerprint density at radius 2 is 2.10 bits per heavy atom. The lowest BCUT2D eigenvalue weighted by Gasteiger charge is -2.19. The summed E-state index contributed by atoms with van der Waals surface area (Å²) in [5.41, 5.74) is 1.21. The first kappa shape index (κ1) is 15.2. The fourth-order valence-corrected chi connectivity index (χ4v) is 2.40. The van der Waals surface area contributed by atoms with E-state index in [1.165, 1.54) is 0 Å². The van der Waals surface area contributed by atoms with E-state index < -0.39 is 17.6 Å². The molecule has 0 bridgehead atoms. The number of pyridine rings is 1. The fraction of sp³-hybridized carbons (Fsp3) is 0.438. The monoisotopic (exact) mass is 288 g/mol. The van der Waals surface area contributed by atoms with E-state index in [-0.39, 0.29) is 0 Å². The van der Waals surface area contributed by atoms with Crippen molar-refractivity contribution in [1.29, 1.82) is 0 Å². The zero-order valence-corrected chi connectivity index (χ0v) is 13.0. The SMILES string of the molecule is Cc1c(C(=O)OC(C)(C)C)c2cccnc2n1C(C)C=O. The molecule has 0 aromatic carbocycles. The Hall–Kier alpha value is -2.17. The molecule has 5 heteroatoms. The molecule has 0 amide bonds. The molecule has 0 aliphatic carbocycles. The number of esters is 1. The third-order valence-electron chi connectivity index (χ3n) is 3.21. The molecule has 0 radical (unpaired) electrons. The summed E-state index contributed by atoms with van der Waals surface area (Å²) in [5, 5.41) is 0.706. The Morgan fingerprint density at radius 1 is 1.43 bits per heavy atom. The van der Waals surface area contributed by atoms with Crippen LogP contribution in [0.5, 0.6) is 0 Å². The quantitative estimate of drug-likeness (QED) is 0.643. The molecule has 2 aromatic rings. The number of fused-ring (bicyclic) bond motifs is 1. The van der Waals surface area contributed by atoms with E-state index in [4.69, 9.17) is 4.74 Å². The predicted molar refractivity (Wildman–Crippen MR) is 80.4 cm³/mol. The highest BCUT2D eigenvalue weighted by molar-refractivity contribution is 6.05. The van der Waals surface area contributed by atoms with E-state index in [0.717, 1.165) is 6.29 Å². The molecule has 21 heavy (non-hydrogen) atoms. The van der Waals surface area contributed by atoms with Crippen molar-refractivity contribution in [3.63, 3.8) is 0 Å². The van der Waals surface area contributed by atoms with Gasteiger partial charge in [0.1, 0.15) is 17.5 Å². The lowest BCUT2D eigenvalue weighted by atomic mass is 10.1. The van der Waals surface area contributed by atoms with E-state index in [1.54, 1.807) is 30.7 Å². The summed E-state index contributed by atoms with van der Waals surface area (Å²) < 4.78 is 7.24. The van der Waals surface area contributed by atoms with Crippen molar-refractivity contribution in [3.8, 4) is 0 Å². The van der Waals surface area contributed by atoms with E-state index in [0.29, 0.717) is 22.3 Å². The van der Waals surface area contributed by atoms with Gasteiger partial charge in [-0.1, -0.05) is 0 Å². The number of ether oxygens (including phenoxy) is 1. The van der Waals surface area contributed by atoms with Gasteiger partial charge in [0.25, 0.3) is 0 Å². The van der Waals surface area contributed by atoms with Gasteiger partial charge in [-0.25, -0.2) is 9.78 Å². The first-order valence-electron chi connectivity index (χ1n) is 6.90. The van der Waals surface area contributed by atoms with Crippen molar-refractivity contribution >= 4 is 23.3 Å². The Kier molecular flexibility index (Phi) is 3.85. The number of hydrogen-bond donors (Lipinski definition) is 0. The van der Waals surface area contributed by atoms with Crippen LogP contribution in [0.3, 0.4) is 0 Å². The minimum atomic E-state index is -0.573. The number of carbonyl (C=O) groups is 2. The highest BCUT2D eigenvalue weighted by atomic mass is 16.6. The van der Waals surface area contributed by atoms with Gasteiger partial charge < -0.3 is 14.1 Å². The van der Waals surface area contributed by atoms with E-state index >= 15 is 0 Å². The van der Waals surface area contributed by atoms with Gasteiger partial charge in [0.2, 0.25) is 0 Å². The van der Waals surface area contributed by atoms with Crippen molar-refractivity contribution in [3.05, 3.63) is 29.6 Å². The van der Waals surface area contributed by atoms with Gasteiger partial charge in [0.05, 0.1) is 11.6 Å². The van der Waals surface area contributed by atoms with Crippen molar-refractivity contribution < 1.29 is 14.3 Å². The summed E-state index contributed by atoms with van der Waals surface area (Å²) in [5.74, 6) is -0.394. The Bertz CT molecular complexity index is 695. The number of carbonyl (C=O) groups excluding carboxylic acids is 2. The van der Waals surface area contributed by atoms with E-state index in [9.17, 15) is 9.59 Å². The topological polar surface area (TPSA) is 61.2 Å². The third-order valence-corrected chi connectivity index (χ3v) is 3.21. The predicted octanol–water partition coefficient (Wildman–Crippen LogP) is 3.06. The van der Waals surface area contributed by atoms with Gasteiger partial charge in [0, 0.05) is 17.3 Å². The maximum Gasteiger partial charge on any atom is 0.341 e. The zero-order valence-electron chi connectivity index (χ0n) is 13.0. The number of rotatable bonds is 3. The summed E-state index contributed by atoms with van der Waals surface area (Å²) in [6.07, 6.45) is 2.48. The van der Waals surface area contributed by atoms with Crippen molar-refractivity contribution in [2.24, 2.45) is 0 Å². The number of nitrogens with zero attached hydrogens (tertiary/aromatic N) is 2. The molecule has 2 rings (SSSR count). The highest BCUT2D eigenvalue weighted by Crippen LogP contribution is 2.28. The van der Waals surface area contributed by atoms with Gasteiger partial charge in [-0.05, 0) is 46.8 Å². The number of hydrogen-bond acceptors (Lipinski definition) is 4. The van der Waals surface area contributed by atoms with Gasteiger partial charge in [0.15, 0.2) is 0 Å². The minimum Gasteiger partial charge on any atom is -0.456 e. The second kappa shape index (κ2) is 5.31. The molecule has 5 nitrogen and oxygen atoms in total. The third kappa shape index (κ3) is 2.82. The molecule has 1 atom stereocenters. The summed E-state index contributed by atoms with van der Waals surface area (Å²) >= 11 is 0. The molecular formula is C16H20N2O3. The zero-order chi connectivity index (χ0) is 15.8. The van der Waals surface area contributed by atoms with E-state index in [1.807, 2.05) is 26.8 Å². The van der Waals surface area contributed by atoms with Gasteiger partial charge in [-0.15, -0.1) is 0 Å². The lowest BCUT2D eigenvalue weighted by molar-refractivity contribution is -0.110.